The molecule has 0 aliphatic carbocycles. The second-order valence-corrected chi connectivity index (χ2v) is 4.88. The highest BCUT2D eigenvalue weighted by molar-refractivity contribution is 5.41. The molecule has 0 spiro atoms. The van der Waals surface area contributed by atoms with Gasteiger partial charge in [0.05, 0.1) is 0 Å². The van der Waals surface area contributed by atoms with Gasteiger partial charge in [0, 0.05) is 5.70 Å². The number of hydrogen-bond donors (Lipinski definition) is 1. The average molecular weight is 245 g/mol. The van der Waals surface area contributed by atoms with Crippen molar-refractivity contribution in [1.82, 2.24) is 0 Å². The van der Waals surface area contributed by atoms with Crippen LogP contribution in [0.5, 0.6) is 0 Å². The Hall–Kier alpha value is -1.50. The fourth-order valence-electron chi connectivity index (χ4n) is 1.26. The topological polar surface area (TPSA) is 26.0 Å². The largest absolute Gasteiger partial charge is 0.398 e. The molecule has 0 aromatic rings. The quantitative estimate of drug-likeness (QED) is 0.651. The Labute approximate surface area is 112 Å². The highest BCUT2D eigenvalue weighted by Gasteiger charge is 1.94. The average Bonchev–Trinajstić information content (AvgIpc) is 2.32. The third-order valence-electron chi connectivity index (χ3n) is 2.83. The lowest BCUT2D eigenvalue weighted by molar-refractivity contribution is 0.952. The van der Waals surface area contributed by atoms with Crippen LogP contribution in [0.4, 0.5) is 0 Å². The summed E-state index contributed by atoms with van der Waals surface area (Å²) in [5.74, 6) is 0. The summed E-state index contributed by atoms with van der Waals surface area (Å²) in [6, 6.07) is 0. The van der Waals surface area contributed by atoms with Gasteiger partial charge in [-0.1, -0.05) is 54.9 Å². The van der Waals surface area contributed by atoms with Gasteiger partial charge in [-0.25, -0.2) is 0 Å². The van der Waals surface area contributed by atoms with Crippen LogP contribution in [0.1, 0.15) is 47.5 Å². The van der Waals surface area contributed by atoms with E-state index in [2.05, 4.69) is 53.3 Å². The van der Waals surface area contributed by atoms with Crippen LogP contribution in [0.3, 0.4) is 0 Å². The molecule has 18 heavy (non-hydrogen) atoms. The normalized spacial score (nSPS) is 12.9. The van der Waals surface area contributed by atoms with Crippen molar-refractivity contribution in [1.29, 1.82) is 0 Å². The van der Waals surface area contributed by atoms with E-state index in [1.807, 2.05) is 12.2 Å². The molecule has 0 saturated heterocycles. The van der Waals surface area contributed by atoms with Gasteiger partial charge in [-0.05, 0) is 45.8 Å². The zero-order valence-corrected chi connectivity index (χ0v) is 12.5. The number of hydrogen-bond acceptors (Lipinski definition) is 1. The standard InChI is InChI=1S/C17H27N/c1-7-8-9-14(4)12-17(18)16(6)11-10-15(5)13(2)3/h9-12H,6-8,18H2,1-5H3/b11-10-,14-9-,17-12-. The minimum Gasteiger partial charge on any atom is -0.398 e. The Morgan fingerprint density at radius 2 is 1.72 bits per heavy atom. The predicted molar refractivity (Wildman–Crippen MR) is 83.3 cm³/mol. The molecule has 0 amide bonds. The molecule has 0 aliphatic rings. The van der Waals surface area contributed by atoms with E-state index in [1.54, 1.807) is 0 Å². The second-order valence-electron chi connectivity index (χ2n) is 4.88. The van der Waals surface area contributed by atoms with Crippen molar-refractivity contribution >= 4 is 0 Å². The van der Waals surface area contributed by atoms with Crippen molar-refractivity contribution in [2.45, 2.75) is 47.5 Å². The van der Waals surface area contributed by atoms with Crippen molar-refractivity contribution in [2.24, 2.45) is 5.73 Å². The Bertz CT molecular complexity index is 399. The van der Waals surface area contributed by atoms with E-state index in [0.717, 1.165) is 24.1 Å². The van der Waals surface area contributed by atoms with Gasteiger partial charge in [-0.3, -0.25) is 0 Å². The zero-order valence-electron chi connectivity index (χ0n) is 12.5. The van der Waals surface area contributed by atoms with E-state index in [4.69, 9.17) is 5.73 Å². The molecule has 0 aromatic heterocycles. The van der Waals surface area contributed by atoms with E-state index >= 15 is 0 Å². The van der Waals surface area contributed by atoms with E-state index < -0.39 is 0 Å². The summed E-state index contributed by atoms with van der Waals surface area (Å²) in [6.45, 7) is 14.5. The van der Waals surface area contributed by atoms with Crippen molar-refractivity contribution in [3.63, 3.8) is 0 Å². The summed E-state index contributed by atoms with van der Waals surface area (Å²) in [7, 11) is 0. The summed E-state index contributed by atoms with van der Waals surface area (Å²) in [6.07, 6.45) is 10.5. The molecular weight excluding hydrogens is 218 g/mol. The summed E-state index contributed by atoms with van der Waals surface area (Å²) in [4.78, 5) is 0. The van der Waals surface area contributed by atoms with Crippen molar-refractivity contribution in [3.05, 3.63) is 58.9 Å². The van der Waals surface area contributed by atoms with E-state index in [-0.39, 0.29) is 0 Å². The van der Waals surface area contributed by atoms with Crippen molar-refractivity contribution in [2.75, 3.05) is 0 Å². The van der Waals surface area contributed by atoms with Gasteiger partial charge in [0.15, 0.2) is 0 Å². The van der Waals surface area contributed by atoms with Crippen LogP contribution in [-0.4, -0.2) is 0 Å². The number of nitrogens with two attached hydrogens (primary N) is 1. The Kier molecular flexibility index (Phi) is 7.86. The highest BCUT2D eigenvalue weighted by atomic mass is 14.6. The maximum absolute atomic E-state index is 6.01. The molecule has 2 N–H and O–H groups in total. The van der Waals surface area contributed by atoms with Gasteiger partial charge < -0.3 is 5.73 Å². The maximum Gasteiger partial charge on any atom is 0.0384 e. The van der Waals surface area contributed by atoms with Gasteiger partial charge in [0.2, 0.25) is 0 Å². The maximum atomic E-state index is 6.01. The monoisotopic (exact) mass is 245 g/mol. The fraction of sp³-hybridized carbons (Fsp3) is 0.412. The second kappa shape index (κ2) is 8.57. The molecule has 100 valence electrons. The lowest BCUT2D eigenvalue weighted by Gasteiger charge is -2.02. The fourth-order valence-corrected chi connectivity index (χ4v) is 1.26. The first-order chi connectivity index (χ1) is 8.38. The van der Waals surface area contributed by atoms with Crippen LogP contribution < -0.4 is 5.73 Å². The van der Waals surface area contributed by atoms with Crippen LogP contribution in [0, 0.1) is 0 Å². The summed E-state index contributed by atoms with van der Waals surface area (Å²) in [5.41, 5.74) is 11.4. The van der Waals surface area contributed by atoms with Crippen LogP contribution >= 0.6 is 0 Å². The zero-order chi connectivity index (χ0) is 14.1. The van der Waals surface area contributed by atoms with E-state index in [1.165, 1.54) is 16.7 Å². The highest BCUT2D eigenvalue weighted by Crippen LogP contribution is 2.11. The SMILES string of the molecule is C=C(/C=C\C(C)=C(C)C)/C(N)=C/C(C)=C\CCC. The molecule has 0 fully saturated rings. The molecule has 0 saturated carbocycles. The van der Waals surface area contributed by atoms with Crippen LogP contribution in [0.25, 0.3) is 0 Å². The van der Waals surface area contributed by atoms with Crippen LogP contribution in [0.15, 0.2) is 58.9 Å². The Morgan fingerprint density at radius 1 is 1.11 bits per heavy atom. The van der Waals surface area contributed by atoms with Gasteiger partial charge in [-0.15, -0.1) is 0 Å². The predicted octanol–water partition coefficient (Wildman–Crippen LogP) is 5.04. The first-order valence-corrected chi connectivity index (χ1v) is 6.53. The van der Waals surface area contributed by atoms with Crippen molar-refractivity contribution in [3.8, 4) is 0 Å². The van der Waals surface area contributed by atoms with E-state index in [9.17, 15) is 0 Å². The first kappa shape index (κ1) is 16.5. The van der Waals surface area contributed by atoms with Gasteiger partial charge in [-0.2, -0.15) is 0 Å². The minimum absolute atomic E-state index is 0.734. The molecule has 0 aliphatic heterocycles. The molecule has 0 atom stereocenters. The molecule has 0 radical (unpaired) electrons. The van der Waals surface area contributed by atoms with Gasteiger partial charge >= 0.3 is 0 Å². The third-order valence-corrected chi connectivity index (χ3v) is 2.83. The van der Waals surface area contributed by atoms with Gasteiger partial charge in [0.25, 0.3) is 0 Å². The lowest BCUT2D eigenvalue weighted by Crippen LogP contribution is -1.98. The Balaban J connectivity index is 4.71. The van der Waals surface area contributed by atoms with Crippen LogP contribution in [0.2, 0.25) is 0 Å². The van der Waals surface area contributed by atoms with Gasteiger partial charge in [0.1, 0.15) is 0 Å². The van der Waals surface area contributed by atoms with E-state index in [0.29, 0.717) is 0 Å². The summed E-state index contributed by atoms with van der Waals surface area (Å²) >= 11 is 0. The smallest absolute Gasteiger partial charge is 0.0384 e. The number of allylic oxidation sites excluding steroid dienone is 7. The van der Waals surface area contributed by atoms with Crippen molar-refractivity contribution < 1.29 is 0 Å². The molecule has 0 heterocycles. The number of unbranched alkanes of at least 4 members (excludes halogenated alkanes) is 1. The number of rotatable bonds is 6. The summed E-state index contributed by atoms with van der Waals surface area (Å²) < 4.78 is 0. The first-order valence-electron chi connectivity index (χ1n) is 6.53. The molecule has 0 unspecified atom stereocenters. The molecule has 1 nitrogen and oxygen atoms in total. The lowest BCUT2D eigenvalue weighted by atomic mass is 10.1. The van der Waals surface area contributed by atoms with Crippen LogP contribution in [-0.2, 0) is 0 Å². The Morgan fingerprint density at radius 3 is 2.22 bits per heavy atom. The molecule has 0 aromatic carbocycles. The minimum atomic E-state index is 0.734. The molecule has 0 rings (SSSR count). The molecule has 0 bridgehead atoms. The molecular formula is C17H27N. The molecule has 1 heteroatoms. The third kappa shape index (κ3) is 6.95. The summed E-state index contributed by atoms with van der Waals surface area (Å²) in [5, 5.41) is 0.